The molecule has 0 radical (unpaired) electrons. The lowest BCUT2D eigenvalue weighted by atomic mass is 10.0. The molecule has 164 valence electrons. The van der Waals surface area contributed by atoms with Crippen LogP contribution in [0.2, 0.25) is 0 Å². The van der Waals surface area contributed by atoms with Gasteiger partial charge in [0.25, 0.3) is 0 Å². The number of ether oxygens (including phenoxy) is 3. The minimum atomic E-state index is -0.391. The predicted molar refractivity (Wildman–Crippen MR) is 127 cm³/mol. The highest BCUT2D eigenvalue weighted by atomic mass is 16.6. The molecule has 0 bridgehead atoms. The van der Waals surface area contributed by atoms with Gasteiger partial charge >= 0.3 is 5.97 Å². The molecule has 6 nitrogen and oxygen atoms in total. The van der Waals surface area contributed by atoms with E-state index in [1.54, 1.807) is 43.5 Å². The zero-order valence-electron chi connectivity index (χ0n) is 18.3. The molecule has 0 amide bonds. The Balaban J connectivity index is 1.52. The summed E-state index contributed by atoms with van der Waals surface area (Å²) >= 11 is 0. The summed E-state index contributed by atoms with van der Waals surface area (Å²) in [4.78, 5) is 15.7. The molecule has 0 saturated carbocycles. The van der Waals surface area contributed by atoms with Crippen molar-refractivity contribution in [3.05, 3.63) is 89.6 Å². The number of nitrogens with one attached hydrogen (secondary N) is 1. The van der Waals surface area contributed by atoms with Gasteiger partial charge in [-0.3, -0.25) is 4.79 Å². The third kappa shape index (κ3) is 4.89. The lowest BCUT2D eigenvalue weighted by molar-refractivity contribution is -0.133. The number of carbonyl (C=O) groups is 1. The van der Waals surface area contributed by atoms with Crippen LogP contribution in [0.15, 0.2) is 72.9 Å². The van der Waals surface area contributed by atoms with E-state index in [0.717, 1.165) is 33.3 Å². The van der Waals surface area contributed by atoms with Gasteiger partial charge in [-0.15, -0.1) is 0 Å². The van der Waals surface area contributed by atoms with Crippen LogP contribution >= 0.6 is 0 Å². The van der Waals surface area contributed by atoms with E-state index in [2.05, 4.69) is 11.1 Å². The lowest BCUT2D eigenvalue weighted by Gasteiger charge is -2.10. The van der Waals surface area contributed by atoms with Crippen molar-refractivity contribution in [2.24, 2.45) is 0 Å². The maximum absolute atomic E-state index is 12.6. The molecule has 0 aliphatic carbocycles. The number of hydrogen-bond acceptors (Lipinski definition) is 5. The summed E-state index contributed by atoms with van der Waals surface area (Å²) in [5, 5.41) is 10.6. The topological polar surface area (TPSA) is 84.3 Å². The number of nitriles is 1. The smallest absolute Gasteiger partial charge is 0.315 e. The molecule has 4 aromatic rings. The molecule has 0 saturated heterocycles. The molecule has 4 rings (SSSR count). The fourth-order valence-electron chi connectivity index (χ4n) is 3.57. The monoisotopic (exact) mass is 438 g/mol. The van der Waals surface area contributed by atoms with Crippen molar-refractivity contribution in [3.8, 4) is 23.3 Å². The SMILES string of the molecule is COc1ccc(/C(C#N)=C\c2ccc(OC(=O)Cc3c[nH]c4ccccc34)c(OC)c2)cc1. The molecule has 0 aliphatic heterocycles. The zero-order valence-corrected chi connectivity index (χ0v) is 18.3. The number of para-hydroxylation sites is 1. The number of H-pyrrole nitrogens is 1. The van der Waals surface area contributed by atoms with Crippen molar-refractivity contribution in [2.75, 3.05) is 14.2 Å². The number of aromatic nitrogens is 1. The lowest BCUT2D eigenvalue weighted by Crippen LogP contribution is -2.11. The molecular weight excluding hydrogens is 416 g/mol. The van der Waals surface area contributed by atoms with E-state index < -0.39 is 5.97 Å². The Morgan fingerprint density at radius 1 is 1.00 bits per heavy atom. The van der Waals surface area contributed by atoms with Crippen molar-refractivity contribution in [1.82, 2.24) is 4.98 Å². The first kappa shape index (κ1) is 21.7. The Labute approximate surface area is 191 Å². The molecule has 0 fully saturated rings. The Hall–Kier alpha value is -4.50. The van der Waals surface area contributed by atoms with Gasteiger partial charge in [-0.2, -0.15) is 5.26 Å². The van der Waals surface area contributed by atoms with Crippen molar-refractivity contribution in [2.45, 2.75) is 6.42 Å². The Morgan fingerprint density at radius 3 is 2.52 bits per heavy atom. The molecule has 1 N–H and O–H groups in total. The number of carbonyl (C=O) groups excluding carboxylic acids is 1. The second kappa shape index (κ2) is 9.75. The van der Waals surface area contributed by atoms with Crippen LogP contribution < -0.4 is 14.2 Å². The van der Waals surface area contributed by atoms with Gasteiger partial charge in [-0.1, -0.05) is 24.3 Å². The third-order valence-electron chi connectivity index (χ3n) is 5.25. The molecule has 0 spiro atoms. The molecule has 6 heteroatoms. The highest BCUT2D eigenvalue weighted by molar-refractivity contribution is 5.90. The van der Waals surface area contributed by atoms with Gasteiger partial charge in [0.2, 0.25) is 0 Å². The van der Waals surface area contributed by atoms with Gasteiger partial charge in [0, 0.05) is 17.1 Å². The molecule has 1 heterocycles. The zero-order chi connectivity index (χ0) is 23.2. The number of hydrogen-bond donors (Lipinski definition) is 1. The van der Waals surface area contributed by atoms with Crippen LogP contribution in [0.25, 0.3) is 22.6 Å². The fraction of sp³-hybridized carbons (Fsp3) is 0.111. The summed E-state index contributed by atoms with van der Waals surface area (Å²) < 4.78 is 16.2. The molecule has 33 heavy (non-hydrogen) atoms. The minimum Gasteiger partial charge on any atom is -0.497 e. The molecule has 3 aromatic carbocycles. The van der Waals surface area contributed by atoms with Crippen molar-refractivity contribution < 1.29 is 19.0 Å². The molecule has 0 unspecified atom stereocenters. The molecule has 0 atom stereocenters. The standard InChI is InChI=1S/C27H22N2O4/c1-31-22-10-8-19(9-11-22)20(16-28)13-18-7-12-25(26(14-18)32-2)33-27(30)15-21-17-29-24-6-4-3-5-23(21)24/h3-14,17,29H,15H2,1-2H3/b20-13-. The van der Waals surface area contributed by atoms with Gasteiger partial charge in [-0.05, 0) is 65.2 Å². The Morgan fingerprint density at radius 2 is 1.79 bits per heavy atom. The quantitative estimate of drug-likeness (QED) is 0.181. The first-order valence-corrected chi connectivity index (χ1v) is 10.3. The summed E-state index contributed by atoms with van der Waals surface area (Å²) in [5.74, 6) is 1.05. The van der Waals surface area contributed by atoms with Crippen LogP contribution in [0, 0.1) is 11.3 Å². The Kier molecular flexibility index (Phi) is 6.42. The number of methoxy groups -OCH3 is 2. The third-order valence-corrected chi connectivity index (χ3v) is 5.25. The van der Waals surface area contributed by atoms with Crippen LogP contribution in [-0.4, -0.2) is 25.2 Å². The fourth-order valence-corrected chi connectivity index (χ4v) is 3.57. The summed E-state index contributed by atoms with van der Waals surface area (Å²) in [6, 6.07) is 22.4. The van der Waals surface area contributed by atoms with E-state index in [9.17, 15) is 10.1 Å². The van der Waals surface area contributed by atoms with Crippen molar-refractivity contribution >= 4 is 28.5 Å². The predicted octanol–water partition coefficient (Wildman–Crippen LogP) is 5.40. The second-order valence-corrected chi connectivity index (χ2v) is 7.32. The number of nitrogens with zero attached hydrogens (tertiary/aromatic N) is 1. The van der Waals surface area contributed by atoms with E-state index in [0.29, 0.717) is 17.1 Å². The second-order valence-electron chi connectivity index (χ2n) is 7.32. The molecular formula is C27H22N2O4. The van der Waals surface area contributed by atoms with Gasteiger partial charge in [-0.25, -0.2) is 0 Å². The highest BCUT2D eigenvalue weighted by Gasteiger charge is 2.14. The van der Waals surface area contributed by atoms with Crippen LogP contribution in [0.5, 0.6) is 17.2 Å². The van der Waals surface area contributed by atoms with Crippen molar-refractivity contribution in [3.63, 3.8) is 0 Å². The molecule has 1 aromatic heterocycles. The van der Waals surface area contributed by atoms with E-state index in [1.807, 2.05) is 42.6 Å². The van der Waals surface area contributed by atoms with Gasteiger partial charge in [0.05, 0.1) is 32.3 Å². The van der Waals surface area contributed by atoms with E-state index in [-0.39, 0.29) is 6.42 Å². The van der Waals surface area contributed by atoms with Crippen molar-refractivity contribution in [1.29, 1.82) is 5.26 Å². The summed E-state index contributed by atoms with van der Waals surface area (Å²) in [6.45, 7) is 0. The van der Waals surface area contributed by atoms with E-state index >= 15 is 0 Å². The number of rotatable bonds is 7. The maximum atomic E-state index is 12.6. The number of aromatic amines is 1. The van der Waals surface area contributed by atoms with E-state index in [1.165, 1.54) is 7.11 Å². The number of allylic oxidation sites excluding steroid dienone is 1. The molecule has 0 aliphatic rings. The maximum Gasteiger partial charge on any atom is 0.315 e. The van der Waals surface area contributed by atoms with Crippen LogP contribution in [-0.2, 0) is 11.2 Å². The Bertz CT molecular complexity index is 1360. The van der Waals surface area contributed by atoms with Crippen LogP contribution in [0.4, 0.5) is 0 Å². The first-order chi connectivity index (χ1) is 16.1. The first-order valence-electron chi connectivity index (χ1n) is 10.3. The van der Waals surface area contributed by atoms with Gasteiger partial charge in [0.15, 0.2) is 11.5 Å². The van der Waals surface area contributed by atoms with E-state index in [4.69, 9.17) is 14.2 Å². The summed E-state index contributed by atoms with van der Waals surface area (Å²) in [7, 11) is 3.10. The minimum absolute atomic E-state index is 0.130. The number of fused-ring (bicyclic) bond motifs is 1. The summed E-state index contributed by atoms with van der Waals surface area (Å²) in [5.41, 5.74) is 3.84. The summed E-state index contributed by atoms with van der Waals surface area (Å²) in [6.07, 6.45) is 3.70. The number of esters is 1. The van der Waals surface area contributed by atoms with Crippen LogP contribution in [0.1, 0.15) is 16.7 Å². The normalized spacial score (nSPS) is 11.1. The number of benzene rings is 3. The highest BCUT2D eigenvalue weighted by Crippen LogP contribution is 2.31. The van der Waals surface area contributed by atoms with Crippen LogP contribution in [0.3, 0.4) is 0 Å². The average Bonchev–Trinajstić information content (AvgIpc) is 3.26. The average molecular weight is 438 g/mol. The largest absolute Gasteiger partial charge is 0.497 e. The van der Waals surface area contributed by atoms with Gasteiger partial charge in [0.1, 0.15) is 5.75 Å². The van der Waals surface area contributed by atoms with Gasteiger partial charge < -0.3 is 19.2 Å².